The van der Waals surface area contributed by atoms with Gasteiger partial charge in [0.2, 0.25) is 5.91 Å². The summed E-state index contributed by atoms with van der Waals surface area (Å²) in [5, 5.41) is 9.50. The summed E-state index contributed by atoms with van der Waals surface area (Å²) in [6.45, 7) is 5.88. The van der Waals surface area contributed by atoms with Crippen molar-refractivity contribution in [2.45, 2.75) is 31.8 Å². The van der Waals surface area contributed by atoms with Crippen molar-refractivity contribution in [3.63, 3.8) is 0 Å². The monoisotopic (exact) mass is 393 g/mol. The van der Waals surface area contributed by atoms with E-state index in [0.717, 1.165) is 37.3 Å². The lowest BCUT2D eigenvalue weighted by atomic mass is 10.1. The first kappa shape index (κ1) is 18.7. The molecule has 0 saturated carbocycles. The normalized spacial score (nSPS) is 13.9. The van der Waals surface area contributed by atoms with E-state index in [1.54, 1.807) is 6.20 Å². The van der Waals surface area contributed by atoms with Gasteiger partial charge in [-0.05, 0) is 62.1 Å². The van der Waals surface area contributed by atoms with Crippen molar-refractivity contribution < 1.29 is 4.79 Å². The van der Waals surface area contributed by atoms with Crippen LogP contribution < -0.4 is 0 Å². The van der Waals surface area contributed by atoms with Crippen LogP contribution in [0.2, 0.25) is 0 Å². The third-order valence-corrected chi connectivity index (χ3v) is 5.69. The molecule has 0 bridgehead atoms. The van der Waals surface area contributed by atoms with Gasteiger partial charge < -0.3 is 4.90 Å². The van der Waals surface area contributed by atoms with Crippen LogP contribution in [-0.4, -0.2) is 49.4 Å². The van der Waals surface area contributed by atoms with Crippen LogP contribution in [0.15, 0.2) is 47.8 Å². The van der Waals surface area contributed by atoms with Gasteiger partial charge in [0.05, 0.1) is 11.4 Å². The molecule has 3 heterocycles. The number of likely N-dealkylation sites (tertiary alicyclic amines) is 1. The molecule has 0 aliphatic carbocycles. The van der Waals surface area contributed by atoms with Gasteiger partial charge >= 0.3 is 0 Å². The molecule has 1 amide bonds. The summed E-state index contributed by atoms with van der Waals surface area (Å²) in [5.41, 5.74) is 4.07. The maximum absolute atomic E-state index is 12.5. The van der Waals surface area contributed by atoms with Crippen LogP contribution in [0.4, 0.5) is 0 Å². The average molecular weight is 394 g/mol. The zero-order valence-corrected chi connectivity index (χ0v) is 16.9. The lowest BCUT2D eigenvalue weighted by molar-refractivity contribution is -0.127. The lowest BCUT2D eigenvalue weighted by Crippen LogP contribution is -2.29. The van der Waals surface area contributed by atoms with Crippen LogP contribution in [-0.2, 0) is 4.79 Å². The largest absolute Gasteiger partial charge is 0.342 e. The second kappa shape index (κ2) is 8.14. The summed E-state index contributed by atoms with van der Waals surface area (Å²) in [4.78, 5) is 18.9. The number of rotatable bonds is 5. The highest BCUT2D eigenvalue weighted by atomic mass is 32.2. The molecule has 0 atom stereocenters. The van der Waals surface area contributed by atoms with E-state index in [-0.39, 0.29) is 5.91 Å². The molecule has 1 saturated heterocycles. The van der Waals surface area contributed by atoms with Crippen molar-refractivity contribution >= 4 is 17.7 Å². The fraction of sp³-hybridized carbons (Fsp3) is 0.333. The molecular weight excluding hydrogens is 370 g/mol. The van der Waals surface area contributed by atoms with E-state index in [4.69, 9.17) is 0 Å². The van der Waals surface area contributed by atoms with Gasteiger partial charge in [-0.1, -0.05) is 23.9 Å². The predicted octanol–water partition coefficient (Wildman–Crippen LogP) is 3.66. The van der Waals surface area contributed by atoms with Gasteiger partial charge in [0.25, 0.3) is 0 Å². The Bertz CT molecular complexity index is 959. The molecule has 144 valence electrons. The number of nitrogens with zero attached hydrogens (tertiary/aromatic N) is 5. The van der Waals surface area contributed by atoms with Crippen molar-refractivity contribution in [3.8, 4) is 17.2 Å². The van der Waals surface area contributed by atoms with E-state index >= 15 is 0 Å². The zero-order valence-electron chi connectivity index (χ0n) is 16.1. The van der Waals surface area contributed by atoms with E-state index < -0.39 is 0 Å². The van der Waals surface area contributed by atoms with Crippen molar-refractivity contribution in [2.75, 3.05) is 18.8 Å². The maximum atomic E-state index is 12.5. The Balaban J connectivity index is 1.70. The molecule has 0 N–H and O–H groups in total. The van der Waals surface area contributed by atoms with Crippen molar-refractivity contribution in [2.24, 2.45) is 0 Å². The Hall–Kier alpha value is -2.67. The number of carbonyl (C=O) groups excluding carboxylic acids is 1. The molecule has 1 aliphatic rings. The molecule has 0 unspecified atom stereocenters. The van der Waals surface area contributed by atoms with E-state index in [1.807, 2.05) is 27.7 Å². The number of aryl methyl sites for hydroxylation is 2. The number of aromatic nitrogens is 4. The number of carbonyl (C=O) groups is 1. The van der Waals surface area contributed by atoms with Gasteiger partial charge in [-0.3, -0.25) is 14.3 Å². The molecule has 0 spiro atoms. The molecule has 1 aliphatic heterocycles. The van der Waals surface area contributed by atoms with Crippen LogP contribution in [0.3, 0.4) is 0 Å². The minimum Gasteiger partial charge on any atom is -0.342 e. The topological polar surface area (TPSA) is 63.9 Å². The lowest BCUT2D eigenvalue weighted by Gasteiger charge is -2.15. The molecule has 7 heteroatoms. The predicted molar refractivity (Wildman–Crippen MR) is 111 cm³/mol. The van der Waals surface area contributed by atoms with Crippen LogP contribution in [0.5, 0.6) is 0 Å². The minimum absolute atomic E-state index is 0.164. The van der Waals surface area contributed by atoms with Crippen molar-refractivity contribution in [1.29, 1.82) is 0 Å². The molecular formula is C21H23N5OS. The Morgan fingerprint density at radius 2 is 1.82 bits per heavy atom. The number of hydrogen-bond donors (Lipinski definition) is 0. The molecule has 1 fully saturated rings. The highest BCUT2D eigenvalue weighted by Crippen LogP contribution is 2.28. The Morgan fingerprint density at radius 3 is 2.50 bits per heavy atom. The molecule has 1 aromatic carbocycles. The molecule has 6 nitrogen and oxygen atoms in total. The van der Waals surface area contributed by atoms with Gasteiger partial charge in [-0.2, -0.15) is 0 Å². The fourth-order valence-electron chi connectivity index (χ4n) is 3.52. The van der Waals surface area contributed by atoms with Gasteiger partial charge in [0.1, 0.15) is 5.69 Å². The summed E-state index contributed by atoms with van der Waals surface area (Å²) in [6.07, 6.45) is 3.94. The number of pyridine rings is 1. The second-order valence-electron chi connectivity index (χ2n) is 7.08. The van der Waals surface area contributed by atoms with Gasteiger partial charge in [-0.25, -0.2) is 0 Å². The van der Waals surface area contributed by atoms with Crippen LogP contribution >= 0.6 is 11.8 Å². The second-order valence-corrected chi connectivity index (χ2v) is 8.02. The Labute approximate surface area is 169 Å². The van der Waals surface area contributed by atoms with Gasteiger partial charge in [0, 0.05) is 19.3 Å². The summed E-state index contributed by atoms with van der Waals surface area (Å²) in [6, 6.07) is 12.1. The van der Waals surface area contributed by atoms with E-state index in [9.17, 15) is 4.79 Å². The SMILES string of the molecule is Cc1cc(C)cc(-n2c(SCC(=O)N3CCCC3)nnc2-c2ccccn2)c1. The first-order valence-corrected chi connectivity index (χ1v) is 10.5. The van der Waals surface area contributed by atoms with E-state index in [1.165, 1.54) is 22.9 Å². The van der Waals surface area contributed by atoms with E-state index in [0.29, 0.717) is 16.7 Å². The number of benzene rings is 1. The molecule has 0 radical (unpaired) electrons. The molecule has 3 aromatic rings. The number of hydrogen-bond acceptors (Lipinski definition) is 5. The Morgan fingerprint density at radius 1 is 1.07 bits per heavy atom. The minimum atomic E-state index is 0.164. The summed E-state index contributed by atoms with van der Waals surface area (Å²) < 4.78 is 2.00. The van der Waals surface area contributed by atoms with Gasteiger partial charge in [-0.15, -0.1) is 10.2 Å². The standard InChI is InChI=1S/C21H23N5OS/c1-15-11-16(2)13-17(12-15)26-20(18-7-3-4-8-22-18)23-24-21(26)28-14-19(27)25-9-5-6-10-25/h3-4,7-8,11-13H,5-6,9-10,14H2,1-2H3. The van der Waals surface area contributed by atoms with Crippen molar-refractivity contribution in [3.05, 3.63) is 53.7 Å². The van der Waals surface area contributed by atoms with Crippen LogP contribution in [0.1, 0.15) is 24.0 Å². The third kappa shape index (κ3) is 3.94. The van der Waals surface area contributed by atoms with E-state index in [2.05, 4.69) is 47.2 Å². The van der Waals surface area contributed by atoms with Crippen molar-refractivity contribution in [1.82, 2.24) is 24.6 Å². The highest BCUT2D eigenvalue weighted by molar-refractivity contribution is 7.99. The van der Waals surface area contributed by atoms with Crippen LogP contribution in [0.25, 0.3) is 17.2 Å². The quantitative estimate of drug-likeness (QED) is 0.619. The highest BCUT2D eigenvalue weighted by Gasteiger charge is 2.21. The first-order valence-electron chi connectivity index (χ1n) is 9.48. The first-order chi connectivity index (χ1) is 13.6. The van der Waals surface area contributed by atoms with Crippen LogP contribution in [0, 0.1) is 13.8 Å². The Kier molecular flexibility index (Phi) is 5.43. The smallest absolute Gasteiger partial charge is 0.233 e. The molecule has 28 heavy (non-hydrogen) atoms. The number of amides is 1. The maximum Gasteiger partial charge on any atom is 0.233 e. The fourth-order valence-corrected chi connectivity index (χ4v) is 4.38. The third-order valence-electron chi connectivity index (χ3n) is 4.78. The average Bonchev–Trinajstić information content (AvgIpc) is 3.36. The van der Waals surface area contributed by atoms with Gasteiger partial charge in [0.15, 0.2) is 11.0 Å². The summed E-state index contributed by atoms with van der Waals surface area (Å²) in [5.74, 6) is 1.21. The number of thioether (sulfide) groups is 1. The zero-order chi connectivity index (χ0) is 19.5. The summed E-state index contributed by atoms with van der Waals surface area (Å²) in [7, 11) is 0. The molecule has 2 aromatic heterocycles. The molecule has 4 rings (SSSR count). The summed E-state index contributed by atoms with van der Waals surface area (Å²) >= 11 is 1.43.